The Morgan fingerprint density at radius 1 is 0.962 bits per heavy atom. The van der Waals surface area contributed by atoms with Gasteiger partial charge in [-0.15, -0.1) is 0 Å². The maximum atomic E-state index is 13.3. The van der Waals surface area contributed by atoms with Gasteiger partial charge >= 0.3 is 0 Å². The van der Waals surface area contributed by atoms with Crippen molar-refractivity contribution in [3.8, 4) is 0 Å². The van der Waals surface area contributed by atoms with E-state index in [9.17, 15) is 13.2 Å². The molecule has 1 amide bonds. The molecule has 1 saturated carbocycles. The van der Waals surface area contributed by atoms with Crippen molar-refractivity contribution >= 4 is 21.4 Å². The second kappa shape index (κ2) is 7.23. The van der Waals surface area contributed by atoms with Gasteiger partial charge in [0.15, 0.2) is 14.6 Å². The fraction of sp³-hybridized carbons (Fsp3) is 0.381. The van der Waals surface area contributed by atoms with Crippen LogP contribution in [-0.4, -0.2) is 19.1 Å². The van der Waals surface area contributed by atoms with E-state index < -0.39 is 20.5 Å². The molecule has 0 heterocycles. The van der Waals surface area contributed by atoms with Crippen LogP contribution in [0.3, 0.4) is 0 Å². The summed E-state index contributed by atoms with van der Waals surface area (Å²) in [6, 6.07) is 15.9. The molecule has 1 aliphatic carbocycles. The molecule has 0 spiro atoms. The number of carbonyl (C=O) groups is 1. The highest BCUT2D eigenvalue weighted by Crippen LogP contribution is 2.41. The highest BCUT2D eigenvalue weighted by Gasteiger charge is 2.52. The molecule has 1 fully saturated rings. The summed E-state index contributed by atoms with van der Waals surface area (Å²) in [6.07, 6.45) is 2.21. The Hall–Kier alpha value is -2.14. The van der Waals surface area contributed by atoms with E-state index in [0.29, 0.717) is 24.4 Å². The Morgan fingerprint density at radius 2 is 1.54 bits per heavy atom. The second-order valence-electron chi connectivity index (χ2n) is 7.25. The van der Waals surface area contributed by atoms with Crippen LogP contribution in [0.2, 0.25) is 0 Å². The van der Waals surface area contributed by atoms with Crippen LogP contribution in [0.15, 0.2) is 59.5 Å². The first kappa shape index (κ1) is 18.6. The van der Waals surface area contributed by atoms with Crippen LogP contribution < -0.4 is 5.32 Å². The molecule has 138 valence electrons. The lowest BCUT2D eigenvalue weighted by Crippen LogP contribution is -2.47. The van der Waals surface area contributed by atoms with Gasteiger partial charge in [0.1, 0.15) is 0 Å². The largest absolute Gasteiger partial charge is 0.325 e. The molecule has 0 radical (unpaired) electrons. The minimum absolute atomic E-state index is 0.215. The number of rotatable bonds is 5. The maximum absolute atomic E-state index is 13.3. The van der Waals surface area contributed by atoms with E-state index in [2.05, 4.69) is 19.2 Å². The van der Waals surface area contributed by atoms with E-state index in [-0.39, 0.29) is 4.90 Å². The molecule has 0 atom stereocenters. The molecule has 26 heavy (non-hydrogen) atoms. The maximum Gasteiger partial charge on any atom is 0.246 e. The van der Waals surface area contributed by atoms with E-state index >= 15 is 0 Å². The summed E-state index contributed by atoms with van der Waals surface area (Å²) in [5.74, 6) is -0.0180. The van der Waals surface area contributed by atoms with E-state index in [0.717, 1.165) is 12.8 Å². The lowest BCUT2D eigenvalue weighted by atomic mass is 10.0. The number of amides is 1. The number of sulfone groups is 1. The van der Waals surface area contributed by atoms with Gasteiger partial charge in [0.25, 0.3) is 0 Å². The molecular formula is C21H25NO3S. The molecule has 1 N–H and O–H groups in total. The van der Waals surface area contributed by atoms with Gasteiger partial charge in [-0.25, -0.2) is 8.42 Å². The number of anilines is 1. The summed E-state index contributed by atoms with van der Waals surface area (Å²) < 4.78 is 25.2. The quantitative estimate of drug-likeness (QED) is 0.839. The van der Waals surface area contributed by atoms with Gasteiger partial charge in [-0.05, 0) is 48.6 Å². The average molecular weight is 372 g/mol. The van der Waals surface area contributed by atoms with Crippen LogP contribution in [0.25, 0.3) is 0 Å². The standard InChI is InChI=1S/C21H25NO3S/c1-16(2)17-10-12-18(13-11-17)22-20(23)21(14-6-7-15-21)26(24,25)19-8-4-3-5-9-19/h3-5,8-13,16H,6-7,14-15H2,1-2H3,(H,22,23). The highest BCUT2D eigenvalue weighted by atomic mass is 32.2. The molecule has 4 nitrogen and oxygen atoms in total. The van der Waals surface area contributed by atoms with Crippen molar-refractivity contribution in [2.75, 3.05) is 5.32 Å². The predicted octanol–water partition coefficient (Wildman–Crippen LogP) is 4.54. The van der Waals surface area contributed by atoms with Gasteiger partial charge in [0, 0.05) is 5.69 Å². The summed E-state index contributed by atoms with van der Waals surface area (Å²) >= 11 is 0. The third kappa shape index (κ3) is 3.28. The number of hydrogen-bond donors (Lipinski definition) is 1. The van der Waals surface area contributed by atoms with E-state index in [4.69, 9.17) is 0 Å². The molecule has 2 aromatic carbocycles. The highest BCUT2D eigenvalue weighted by molar-refractivity contribution is 7.93. The zero-order valence-corrected chi connectivity index (χ0v) is 16.1. The van der Waals surface area contributed by atoms with E-state index in [1.807, 2.05) is 24.3 Å². The van der Waals surface area contributed by atoms with Crippen molar-refractivity contribution < 1.29 is 13.2 Å². The van der Waals surface area contributed by atoms with Gasteiger partial charge < -0.3 is 5.32 Å². The van der Waals surface area contributed by atoms with Gasteiger partial charge in [-0.2, -0.15) is 0 Å². The minimum atomic E-state index is -3.75. The third-order valence-corrected chi connectivity index (χ3v) is 7.74. The Labute approximate surface area is 155 Å². The molecule has 0 aliphatic heterocycles. The van der Waals surface area contributed by atoms with Crippen LogP contribution in [0.1, 0.15) is 51.0 Å². The molecule has 0 unspecified atom stereocenters. The van der Waals surface area contributed by atoms with Crippen molar-refractivity contribution in [3.63, 3.8) is 0 Å². The first-order chi connectivity index (χ1) is 12.4. The number of hydrogen-bond acceptors (Lipinski definition) is 3. The van der Waals surface area contributed by atoms with Gasteiger partial charge in [0.05, 0.1) is 4.90 Å². The zero-order chi connectivity index (χ0) is 18.8. The van der Waals surface area contributed by atoms with Crippen molar-refractivity contribution in [1.29, 1.82) is 0 Å². The van der Waals surface area contributed by atoms with Gasteiger partial charge in [-0.1, -0.05) is 57.0 Å². The Bertz CT molecular complexity index is 865. The molecule has 2 aromatic rings. The van der Waals surface area contributed by atoms with Crippen molar-refractivity contribution in [1.82, 2.24) is 0 Å². The summed E-state index contributed by atoms with van der Waals surface area (Å²) in [4.78, 5) is 13.3. The van der Waals surface area contributed by atoms with Crippen LogP contribution in [-0.2, 0) is 14.6 Å². The molecule has 3 rings (SSSR count). The average Bonchev–Trinajstić information content (AvgIpc) is 3.15. The van der Waals surface area contributed by atoms with Gasteiger partial charge in [-0.3, -0.25) is 4.79 Å². The second-order valence-corrected chi connectivity index (χ2v) is 9.51. The zero-order valence-electron chi connectivity index (χ0n) is 15.2. The topological polar surface area (TPSA) is 63.2 Å². The summed E-state index contributed by atoms with van der Waals surface area (Å²) in [7, 11) is -3.75. The molecule has 0 aromatic heterocycles. The lowest BCUT2D eigenvalue weighted by molar-refractivity contribution is -0.118. The van der Waals surface area contributed by atoms with Crippen molar-refractivity contribution in [2.24, 2.45) is 0 Å². The van der Waals surface area contributed by atoms with Crippen molar-refractivity contribution in [3.05, 3.63) is 60.2 Å². The summed E-state index contributed by atoms with van der Waals surface area (Å²) in [5.41, 5.74) is 1.81. The van der Waals surface area contributed by atoms with Crippen LogP contribution >= 0.6 is 0 Å². The number of benzene rings is 2. The summed E-state index contributed by atoms with van der Waals surface area (Å²) in [5, 5.41) is 2.85. The predicted molar refractivity (Wildman–Crippen MR) is 104 cm³/mol. The Balaban J connectivity index is 1.91. The molecule has 1 aliphatic rings. The first-order valence-corrected chi connectivity index (χ1v) is 10.6. The molecule has 0 bridgehead atoms. The SMILES string of the molecule is CC(C)c1ccc(NC(=O)C2(S(=O)(=O)c3ccccc3)CCCC2)cc1. The van der Waals surface area contributed by atoms with E-state index in [1.54, 1.807) is 30.3 Å². The smallest absolute Gasteiger partial charge is 0.246 e. The molecule has 5 heteroatoms. The third-order valence-electron chi connectivity index (χ3n) is 5.23. The Morgan fingerprint density at radius 3 is 2.08 bits per heavy atom. The molecular weight excluding hydrogens is 346 g/mol. The fourth-order valence-electron chi connectivity index (χ4n) is 3.59. The lowest BCUT2D eigenvalue weighted by Gasteiger charge is -2.27. The minimum Gasteiger partial charge on any atom is -0.325 e. The number of carbonyl (C=O) groups excluding carboxylic acids is 1. The normalized spacial score (nSPS) is 16.6. The van der Waals surface area contributed by atoms with Crippen LogP contribution in [0, 0.1) is 0 Å². The first-order valence-electron chi connectivity index (χ1n) is 9.08. The summed E-state index contributed by atoms with van der Waals surface area (Å²) in [6.45, 7) is 4.21. The fourth-order valence-corrected chi connectivity index (χ4v) is 5.67. The molecule has 0 saturated heterocycles. The van der Waals surface area contributed by atoms with Crippen molar-refractivity contribution in [2.45, 2.75) is 55.1 Å². The van der Waals surface area contributed by atoms with Gasteiger partial charge in [0.2, 0.25) is 5.91 Å². The Kier molecular flexibility index (Phi) is 5.19. The number of nitrogens with one attached hydrogen (secondary N) is 1. The van der Waals surface area contributed by atoms with E-state index in [1.165, 1.54) is 5.56 Å². The van der Waals surface area contributed by atoms with Crippen LogP contribution in [0.4, 0.5) is 5.69 Å². The van der Waals surface area contributed by atoms with Crippen LogP contribution in [0.5, 0.6) is 0 Å². The monoisotopic (exact) mass is 371 g/mol.